The van der Waals surface area contributed by atoms with Crippen LogP contribution < -0.4 is 10.6 Å². The molecule has 0 aromatic heterocycles. The summed E-state index contributed by atoms with van der Waals surface area (Å²) < 4.78 is 0. The quantitative estimate of drug-likeness (QED) is 0.197. The first kappa shape index (κ1) is 27.4. The Labute approximate surface area is 177 Å². The summed E-state index contributed by atoms with van der Waals surface area (Å²) in [4.78, 5) is 33.8. The molecule has 0 bridgehead atoms. The summed E-state index contributed by atoms with van der Waals surface area (Å²) in [5, 5.41) is 14.1. The Morgan fingerprint density at radius 3 is 1.45 bits per heavy atom. The number of carbonyl (C=O) groups excluding carboxylic acids is 2. The zero-order valence-electron chi connectivity index (χ0n) is 18.8. The maximum atomic E-state index is 11.8. The number of carbonyl (C=O) groups is 3. The lowest BCUT2D eigenvalue weighted by molar-refractivity contribution is -0.137. The first-order valence-corrected chi connectivity index (χ1v) is 11.8. The van der Waals surface area contributed by atoms with E-state index in [2.05, 4.69) is 10.6 Å². The van der Waals surface area contributed by atoms with E-state index in [4.69, 9.17) is 5.11 Å². The van der Waals surface area contributed by atoms with Crippen molar-refractivity contribution in [1.82, 2.24) is 10.6 Å². The molecule has 1 atom stereocenters. The van der Waals surface area contributed by atoms with Crippen molar-refractivity contribution >= 4 is 17.8 Å². The zero-order valence-corrected chi connectivity index (χ0v) is 18.8. The van der Waals surface area contributed by atoms with E-state index < -0.39 is 11.9 Å². The SMILES string of the molecule is CCNC(=O)C(C)C(=O)NCCCCCCCCCCCCCCCCC(=O)O. The topological polar surface area (TPSA) is 95.5 Å². The Hall–Kier alpha value is -1.59. The van der Waals surface area contributed by atoms with Crippen molar-refractivity contribution in [2.75, 3.05) is 13.1 Å². The lowest BCUT2D eigenvalue weighted by Crippen LogP contribution is -2.40. The van der Waals surface area contributed by atoms with Gasteiger partial charge in [0.25, 0.3) is 0 Å². The van der Waals surface area contributed by atoms with Gasteiger partial charge in [0.05, 0.1) is 0 Å². The van der Waals surface area contributed by atoms with Crippen LogP contribution >= 0.6 is 0 Å². The number of hydrogen-bond acceptors (Lipinski definition) is 3. The Morgan fingerprint density at radius 2 is 1.03 bits per heavy atom. The molecule has 0 aliphatic carbocycles. The second kappa shape index (κ2) is 19.7. The lowest BCUT2D eigenvalue weighted by atomic mass is 10.0. The first-order valence-electron chi connectivity index (χ1n) is 11.8. The van der Waals surface area contributed by atoms with Crippen LogP contribution in [0.3, 0.4) is 0 Å². The lowest BCUT2D eigenvalue weighted by Gasteiger charge is -2.11. The Balaban J connectivity index is 3.27. The predicted molar refractivity (Wildman–Crippen MR) is 118 cm³/mol. The second-order valence-electron chi connectivity index (χ2n) is 8.00. The highest BCUT2D eigenvalue weighted by atomic mass is 16.4. The van der Waals surface area contributed by atoms with Gasteiger partial charge in [-0.05, 0) is 26.7 Å². The molecule has 0 aliphatic rings. The molecular formula is C23H44N2O4. The summed E-state index contributed by atoms with van der Waals surface area (Å²) in [7, 11) is 0. The summed E-state index contributed by atoms with van der Waals surface area (Å²) in [5.74, 6) is -1.69. The number of rotatable bonds is 20. The van der Waals surface area contributed by atoms with Gasteiger partial charge in [0.1, 0.15) is 5.92 Å². The Morgan fingerprint density at radius 1 is 0.655 bits per heavy atom. The third kappa shape index (κ3) is 18.2. The van der Waals surface area contributed by atoms with Gasteiger partial charge >= 0.3 is 5.97 Å². The molecule has 6 nitrogen and oxygen atoms in total. The molecule has 170 valence electrons. The average molecular weight is 413 g/mol. The molecule has 0 aliphatic heterocycles. The van der Waals surface area contributed by atoms with Crippen LogP contribution in [-0.4, -0.2) is 36.0 Å². The first-order chi connectivity index (χ1) is 14.0. The van der Waals surface area contributed by atoms with Crippen molar-refractivity contribution < 1.29 is 19.5 Å². The highest BCUT2D eigenvalue weighted by Gasteiger charge is 2.19. The molecule has 0 rings (SSSR count). The van der Waals surface area contributed by atoms with E-state index in [0.717, 1.165) is 25.7 Å². The summed E-state index contributed by atoms with van der Waals surface area (Å²) >= 11 is 0. The highest BCUT2D eigenvalue weighted by molar-refractivity contribution is 5.99. The maximum Gasteiger partial charge on any atom is 0.303 e. The minimum atomic E-state index is -0.681. The molecular weight excluding hydrogens is 368 g/mol. The van der Waals surface area contributed by atoms with Gasteiger partial charge in [0.15, 0.2) is 0 Å². The van der Waals surface area contributed by atoms with Gasteiger partial charge in [-0.2, -0.15) is 0 Å². The molecule has 0 aromatic rings. The molecule has 0 saturated heterocycles. The predicted octanol–water partition coefficient (Wildman–Crippen LogP) is 4.81. The van der Waals surface area contributed by atoms with E-state index in [9.17, 15) is 14.4 Å². The normalized spacial score (nSPS) is 11.8. The maximum absolute atomic E-state index is 11.8. The fourth-order valence-corrected chi connectivity index (χ4v) is 3.33. The van der Waals surface area contributed by atoms with E-state index in [0.29, 0.717) is 19.5 Å². The van der Waals surface area contributed by atoms with Gasteiger partial charge in [0.2, 0.25) is 11.8 Å². The largest absolute Gasteiger partial charge is 0.481 e. The molecule has 3 N–H and O–H groups in total. The molecule has 0 fully saturated rings. The molecule has 0 spiro atoms. The van der Waals surface area contributed by atoms with E-state index in [-0.39, 0.29) is 11.8 Å². The number of amides is 2. The molecule has 6 heteroatoms. The van der Waals surface area contributed by atoms with Crippen molar-refractivity contribution in [2.24, 2.45) is 5.92 Å². The van der Waals surface area contributed by atoms with Crippen LogP contribution in [0.4, 0.5) is 0 Å². The minimum Gasteiger partial charge on any atom is -0.481 e. The van der Waals surface area contributed by atoms with Crippen molar-refractivity contribution in [3.8, 4) is 0 Å². The van der Waals surface area contributed by atoms with Crippen LogP contribution in [0.15, 0.2) is 0 Å². The number of aliphatic carboxylic acids is 1. The van der Waals surface area contributed by atoms with Crippen LogP contribution in [0.2, 0.25) is 0 Å². The van der Waals surface area contributed by atoms with E-state index >= 15 is 0 Å². The smallest absolute Gasteiger partial charge is 0.303 e. The van der Waals surface area contributed by atoms with Crippen molar-refractivity contribution in [1.29, 1.82) is 0 Å². The van der Waals surface area contributed by atoms with E-state index in [1.807, 2.05) is 6.92 Å². The fourth-order valence-electron chi connectivity index (χ4n) is 3.33. The van der Waals surface area contributed by atoms with Crippen molar-refractivity contribution in [2.45, 2.75) is 110 Å². The summed E-state index contributed by atoms with van der Waals surface area (Å²) in [6, 6.07) is 0. The van der Waals surface area contributed by atoms with Crippen molar-refractivity contribution in [3.05, 3.63) is 0 Å². The number of carboxylic acid groups (broad SMARTS) is 1. The second-order valence-corrected chi connectivity index (χ2v) is 8.00. The summed E-state index contributed by atoms with van der Waals surface area (Å²) in [5.41, 5.74) is 0. The standard InChI is InChI=1S/C23H44N2O4/c1-3-24-22(28)20(2)23(29)25-19-17-15-13-11-9-7-5-4-6-8-10-12-14-16-18-21(26)27/h20H,3-19H2,1-2H3,(H,24,28)(H,25,29)(H,26,27). The molecule has 0 aromatic carbocycles. The van der Waals surface area contributed by atoms with Crippen LogP contribution in [0.5, 0.6) is 0 Å². The summed E-state index contributed by atoms with van der Waals surface area (Å²) in [6.45, 7) is 4.69. The van der Waals surface area contributed by atoms with Gasteiger partial charge in [-0.25, -0.2) is 0 Å². The minimum absolute atomic E-state index is 0.184. The molecule has 0 heterocycles. The van der Waals surface area contributed by atoms with E-state index in [1.165, 1.54) is 64.2 Å². The highest BCUT2D eigenvalue weighted by Crippen LogP contribution is 2.13. The molecule has 1 unspecified atom stereocenters. The monoisotopic (exact) mass is 412 g/mol. The van der Waals surface area contributed by atoms with Crippen LogP contribution in [0, 0.1) is 5.92 Å². The Kier molecular flexibility index (Phi) is 18.6. The molecule has 29 heavy (non-hydrogen) atoms. The van der Waals surface area contributed by atoms with Crippen molar-refractivity contribution in [3.63, 3.8) is 0 Å². The molecule has 0 saturated carbocycles. The van der Waals surface area contributed by atoms with Crippen LogP contribution in [-0.2, 0) is 14.4 Å². The number of nitrogens with one attached hydrogen (secondary N) is 2. The summed E-state index contributed by atoms with van der Waals surface area (Å²) in [6.07, 6.45) is 16.9. The van der Waals surface area contributed by atoms with Gasteiger partial charge in [-0.15, -0.1) is 0 Å². The zero-order chi connectivity index (χ0) is 21.7. The number of hydrogen-bond donors (Lipinski definition) is 3. The third-order valence-corrected chi connectivity index (χ3v) is 5.25. The average Bonchev–Trinajstić information content (AvgIpc) is 2.69. The van der Waals surface area contributed by atoms with Gasteiger partial charge in [0, 0.05) is 19.5 Å². The van der Waals surface area contributed by atoms with Gasteiger partial charge in [-0.1, -0.05) is 77.0 Å². The van der Waals surface area contributed by atoms with Crippen LogP contribution in [0.25, 0.3) is 0 Å². The van der Waals surface area contributed by atoms with Gasteiger partial charge in [-0.3, -0.25) is 14.4 Å². The van der Waals surface area contributed by atoms with Gasteiger partial charge < -0.3 is 15.7 Å². The molecule has 2 amide bonds. The number of unbranched alkanes of at least 4 members (excludes halogenated alkanes) is 13. The van der Waals surface area contributed by atoms with E-state index in [1.54, 1.807) is 6.92 Å². The molecule has 0 radical (unpaired) electrons. The number of carboxylic acids is 1. The van der Waals surface area contributed by atoms with Crippen LogP contribution in [0.1, 0.15) is 110 Å². The Bertz CT molecular complexity index is 441. The fraction of sp³-hybridized carbons (Fsp3) is 0.870. The third-order valence-electron chi connectivity index (χ3n) is 5.25.